The third kappa shape index (κ3) is 3.19. The van der Waals surface area contributed by atoms with Crippen molar-refractivity contribution >= 4 is 5.78 Å². The van der Waals surface area contributed by atoms with Crippen molar-refractivity contribution in [2.24, 2.45) is 40.9 Å². The van der Waals surface area contributed by atoms with Crippen LogP contribution in [0.5, 0.6) is 0 Å². The molecule has 29 heavy (non-hydrogen) atoms. The van der Waals surface area contributed by atoms with Crippen LogP contribution >= 0.6 is 0 Å². The molecule has 8 atom stereocenters. The molecule has 4 fully saturated rings. The van der Waals surface area contributed by atoms with Gasteiger partial charge in [0.25, 0.3) is 0 Å². The van der Waals surface area contributed by atoms with E-state index in [1.807, 2.05) is 10.8 Å². The number of imidazole rings is 1. The predicted octanol–water partition coefficient (Wildman–Crippen LogP) is 4.42. The van der Waals surface area contributed by atoms with E-state index in [2.05, 4.69) is 11.9 Å². The minimum absolute atomic E-state index is 0.139. The Labute approximate surface area is 173 Å². The van der Waals surface area contributed by atoms with E-state index < -0.39 is 12.3 Å². The Hall–Kier alpha value is -1.23. The summed E-state index contributed by atoms with van der Waals surface area (Å²) in [5.74, 6) is 3.81. The number of halogens is 1. The first-order valence-corrected chi connectivity index (χ1v) is 11.7. The van der Waals surface area contributed by atoms with Gasteiger partial charge in [-0.1, -0.05) is 6.92 Å². The summed E-state index contributed by atoms with van der Waals surface area (Å²) < 4.78 is 15.3. The molecule has 5 rings (SSSR count). The molecule has 0 saturated heterocycles. The van der Waals surface area contributed by atoms with Crippen LogP contribution in [-0.4, -0.2) is 32.7 Å². The number of hydrogen-bond donors (Lipinski definition) is 1. The van der Waals surface area contributed by atoms with Gasteiger partial charge < -0.3 is 9.67 Å². The second kappa shape index (κ2) is 7.18. The number of nitrogens with zero attached hydrogens (tertiary/aromatic N) is 2. The third-order valence-electron chi connectivity index (χ3n) is 9.64. The summed E-state index contributed by atoms with van der Waals surface area (Å²) in [4.78, 5) is 17.2. The molecule has 4 saturated carbocycles. The molecule has 1 heterocycles. The van der Waals surface area contributed by atoms with Gasteiger partial charge in [0.15, 0.2) is 5.78 Å². The molecule has 4 nitrogen and oxygen atoms in total. The van der Waals surface area contributed by atoms with Crippen LogP contribution in [0.2, 0.25) is 0 Å². The second-order valence-corrected chi connectivity index (χ2v) is 10.9. The maximum atomic E-state index is 13.3. The van der Waals surface area contributed by atoms with Crippen LogP contribution in [0.3, 0.4) is 0 Å². The highest BCUT2D eigenvalue weighted by Gasteiger charge is 2.58. The van der Waals surface area contributed by atoms with E-state index in [0.29, 0.717) is 42.9 Å². The van der Waals surface area contributed by atoms with E-state index in [1.54, 1.807) is 12.5 Å². The van der Waals surface area contributed by atoms with Crippen LogP contribution in [0.1, 0.15) is 64.7 Å². The molecule has 0 spiro atoms. The summed E-state index contributed by atoms with van der Waals surface area (Å²) in [6.45, 7) is 2.26. The molecule has 1 aromatic rings. The number of alkyl halides is 1. The summed E-state index contributed by atoms with van der Waals surface area (Å²) in [6, 6.07) is 0. The number of hydrogen-bond acceptors (Lipinski definition) is 3. The molecule has 1 unspecified atom stereocenters. The first kappa shape index (κ1) is 19.7. The number of aromatic nitrogens is 2. The molecule has 1 N–H and O–H groups in total. The number of carbonyl (C=O) groups excluding carboxylic acids is 1. The van der Waals surface area contributed by atoms with Crippen molar-refractivity contribution in [1.82, 2.24) is 9.55 Å². The lowest BCUT2D eigenvalue weighted by Crippen LogP contribution is -2.52. The molecule has 0 aromatic carbocycles. The van der Waals surface area contributed by atoms with Crippen molar-refractivity contribution < 1.29 is 14.3 Å². The highest BCUT2D eigenvalue weighted by molar-refractivity contribution is 5.82. The van der Waals surface area contributed by atoms with E-state index in [4.69, 9.17) is 0 Å². The lowest BCUT2D eigenvalue weighted by Gasteiger charge is -2.57. The standard InChI is InChI=1S/C24H35FN2O2/c1-23-8-6-18-17-7-9-24(29,14-25)12-16(17)2-3-19(18)20(23)4-5-21(23)22(28)13-27-11-10-26-15-27/h10-11,15-21,29H,2-9,12-14H2,1H3/t16-,17-,18+,19?,20-,21+,23-,24-/m0/s1. The Bertz CT molecular complexity index is 752. The summed E-state index contributed by atoms with van der Waals surface area (Å²) in [5.41, 5.74) is -0.921. The number of aliphatic hydroxyl groups is 1. The summed E-state index contributed by atoms with van der Waals surface area (Å²) >= 11 is 0. The van der Waals surface area contributed by atoms with Gasteiger partial charge in [-0.05, 0) is 92.8 Å². The number of carbonyl (C=O) groups is 1. The molecule has 5 heteroatoms. The Kier molecular flexibility index (Phi) is 4.88. The first-order valence-electron chi connectivity index (χ1n) is 11.7. The van der Waals surface area contributed by atoms with Crippen LogP contribution in [-0.2, 0) is 11.3 Å². The highest BCUT2D eigenvalue weighted by Crippen LogP contribution is 2.64. The average Bonchev–Trinajstić information content (AvgIpc) is 3.34. The minimum atomic E-state index is -1.06. The molecule has 1 aromatic heterocycles. The van der Waals surface area contributed by atoms with Gasteiger partial charge >= 0.3 is 0 Å². The number of ketones is 1. The SMILES string of the molecule is C[C@]12CC[C@H]3C(CC[C@H]4C[C@](O)(CF)CC[C@@H]43)[C@@H]1CC[C@@H]2C(=O)Cn1ccnc1. The van der Waals surface area contributed by atoms with Gasteiger partial charge in [-0.3, -0.25) is 4.79 Å². The zero-order valence-electron chi connectivity index (χ0n) is 17.6. The molecular weight excluding hydrogens is 367 g/mol. The lowest BCUT2D eigenvalue weighted by atomic mass is 9.49. The Morgan fingerprint density at radius 1 is 1.14 bits per heavy atom. The van der Waals surface area contributed by atoms with Gasteiger partial charge in [0.2, 0.25) is 0 Å². The fourth-order valence-corrected chi connectivity index (χ4v) is 8.28. The maximum Gasteiger partial charge on any atom is 0.156 e. The van der Waals surface area contributed by atoms with Crippen LogP contribution < -0.4 is 0 Å². The van der Waals surface area contributed by atoms with E-state index in [0.717, 1.165) is 37.5 Å². The van der Waals surface area contributed by atoms with Gasteiger partial charge in [0.05, 0.1) is 18.5 Å². The van der Waals surface area contributed by atoms with Gasteiger partial charge in [-0.15, -0.1) is 0 Å². The van der Waals surface area contributed by atoms with Crippen molar-refractivity contribution in [3.8, 4) is 0 Å². The number of Topliss-reactive ketones (excluding diaryl/α,β-unsaturated/α-hetero) is 1. The van der Waals surface area contributed by atoms with Gasteiger partial charge in [-0.2, -0.15) is 0 Å². The number of fused-ring (bicyclic) bond motifs is 5. The first-order chi connectivity index (χ1) is 13.9. The van der Waals surface area contributed by atoms with Gasteiger partial charge in [0, 0.05) is 18.3 Å². The summed E-state index contributed by atoms with van der Waals surface area (Å²) in [6.07, 6.45) is 14.6. The van der Waals surface area contributed by atoms with Crippen LogP contribution in [0.25, 0.3) is 0 Å². The normalized spacial score (nSPS) is 46.6. The Morgan fingerprint density at radius 3 is 2.72 bits per heavy atom. The maximum absolute atomic E-state index is 13.3. The van der Waals surface area contributed by atoms with Crippen molar-refractivity contribution in [3.05, 3.63) is 18.7 Å². The zero-order chi connectivity index (χ0) is 20.2. The van der Waals surface area contributed by atoms with Crippen molar-refractivity contribution in [3.63, 3.8) is 0 Å². The van der Waals surface area contributed by atoms with Gasteiger partial charge in [-0.25, -0.2) is 9.37 Å². The second-order valence-electron chi connectivity index (χ2n) is 10.9. The molecule has 0 amide bonds. The molecule has 160 valence electrons. The molecule has 0 radical (unpaired) electrons. The molecule has 0 aliphatic heterocycles. The van der Waals surface area contributed by atoms with Crippen LogP contribution in [0.15, 0.2) is 18.7 Å². The molecule has 4 aliphatic carbocycles. The number of rotatable bonds is 4. The monoisotopic (exact) mass is 402 g/mol. The van der Waals surface area contributed by atoms with E-state index >= 15 is 0 Å². The van der Waals surface area contributed by atoms with Gasteiger partial charge in [0.1, 0.15) is 6.67 Å². The fourth-order valence-electron chi connectivity index (χ4n) is 8.28. The third-order valence-corrected chi connectivity index (χ3v) is 9.64. The van der Waals surface area contributed by atoms with E-state index in [-0.39, 0.29) is 11.3 Å². The Morgan fingerprint density at radius 2 is 1.97 bits per heavy atom. The molecule has 0 bridgehead atoms. The van der Waals surface area contributed by atoms with Crippen LogP contribution in [0.4, 0.5) is 4.39 Å². The van der Waals surface area contributed by atoms with E-state index in [1.165, 1.54) is 19.3 Å². The largest absolute Gasteiger partial charge is 0.387 e. The molecule has 4 aliphatic rings. The Balaban J connectivity index is 1.31. The topological polar surface area (TPSA) is 55.1 Å². The van der Waals surface area contributed by atoms with Crippen molar-refractivity contribution in [2.75, 3.05) is 6.67 Å². The smallest absolute Gasteiger partial charge is 0.156 e. The van der Waals surface area contributed by atoms with Crippen molar-refractivity contribution in [2.45, 2.75) is 76.9 Å². The lowest BCUT2D eigenvalue weighted by molar-refractivity contribution is -0.134. The minimum Gasteiger partial charge on any atom is -0.387 e. The predicted molar refractivity (Wildman–Crippen MR) is 109 cm³/mol. The average molecular weight is 403 g/mol. The quantitative estimate of drug-likeness (QED) is 0.811. The summed E-state index contributed by atoms with van der Waals surface area (Å²) in [7, 11) is 0. The molecular formula is C24H35FN2O2. The van der Waals surface area contributed by atoms with Crippen LogP contribution in [0, 0.1) is 40.9 Å². The zero-order valence-corrected chi connectivity index (χ0v) is 17.6. The van der Waals surface area contributed by atoms with E-state index in [9.17, 15) is 14.3 Å². The summed E-state index contributed by atoms with van der Waals surface area (Å²) in [5, 5.41) is 10.5. The fraction of sp³-hybridized carbons (Fsp3) is 0.833. The van der Waals surface area contributed by atoms with Crippen molar-refractivity contribution in [1.29, 1.82) is 0 Å². The highest BCUT2D eigenvalue weighted by atomic mass is 19.1.